The van der Waals surface area contributed by atoms with Crippen LogP contribution in [-0.4, -0.2) is 37.0 Å². The van der Waals surface area contributed by atoms with Crippen LogP contribution in [0.1, 0.15) is 0 Å². The van der Waals surface area contributed by atoms with Gasteiger partial charge in [-0.2, -0.15) is 0 Å². The lowest BCUT2D eigenvalue weighted by molar-refractivity contribution is -0.387. The maximum atomic E-state index is 11.6. The summed E-state index contributed by atoms with van der Waals surface area (Å²) in [5.74, 6) is 0. The quantitative estimate of drug-likeness (QED) is 0.458. The number of nitrogens with zero attached hydrogens (tertiary/aromatic N) is 3. The molecule has 2 N–H and O–H groups in total. The van der Waals surface area contributed by atoms with Gasteiger partial charge < -0.3 is 10.2 Å². The van der Waals surface area contributed by atoms with Crippen molar-refractivity contribution in [2.45, 2.75) is 12.6 Å². The van der Waals surface area contributed by atoms with Crippen molar-refractivity contribution in [1.29, 1.82) is 0 Å². The van der Waals surface area contributed by atoms with Crippen molar-refractivity contribution in [3.05, 3.63) is 37.1 Å². The number of aliphatic hydroxyl groups excluding tert-OH is 2. The number of aromatic nitrogens is 2. The monoisotopic (exact) mass is 245 g/mol. The van der Waals surface area contributed by atoms with Crippen LogP contribution in [0.5, 0.6) is 0 Å². The molecule has 94 valence electrons. The van der Waals surface area contributed by atoms with E-state index in [0.29, 0.717) is 4.57 Å². The number of aryl methyl sites for hydroxylation is 1. The molecule has 0 aliphatic heterocycles. The molecule has 0 radical (unpaired) electrons. The Kier molecular flexibility index (Phi) is 3.76. The third-order valence-corrected chi connectivity index (χ3v) is 2.11. The summed E-state index contributed by atoms with van der Waals surface area (Å²) < 4.78 is 1.38. The highest BCUT2D eigenvalue weighted by molar-refractivity contribution is 5.21. The zero-order valence-electron chi connectivity index (χ0n) is 8.94. The summed E-state index contributed by atoms with van der Waals surface area (Å²) in [4.78, 5) is 32.7. The van der Waals surface area contributed by atoms with E-state index >= 15 is 0 Å². The fraction of sp³-hybridized carbons (Fsp3) is 0.500. The molecular formula is C8H11N3O6. The molecule has 0 aliphatic rings. The summed E-state index contributed by atoms with van der Waals surface area (Å²) in [6, 6.07) is 0. The number of aliphatic hydroxyl groups is 2. The predicted molar refractivity (Wildman–Crippen MR) is 55.7 cm³/mol. The molecule has 17 heavy (non-hydrogen) atoms. The SMILES string of the molecule is Cn1cc([N+](=O)[O-])c(=O)n(CC(O)CO)c1=O. The van der Waals surface area contributed by atoms with Crippen molar-refractivity contribution < 1.29 is 15.1 Å². The van der Waals surface area contributed by atoms with Gasteiger partial charge in [0.25, 0.3) is 0 Å². The van der Waals surface area contributed by atoms with Crippen LogP contribution in [0.25, 0.3) is 0 Å². The normalized spacial score (nSPS) is 12.4. The lowest BCUT2D eigenvalue weighted by Gasteiger charge is -2.09. The minimum atomic E-state index is -1.33. The summed E-state index contributed by atoms with van der Waals surface area (Å²) >= 11 is 0. The fourth-order valence-electron chi connectivity index (χ4n) is 1.26. The molecule has 0 spiro atoms. The van der Waals surface area contributed by atoms with Crippen molar-refractivity contribution in [3.8, 4) is 0 Å². The van der Waals surface area contributed by atoms with Gasteiger partial charge in [0.15, 0.2) is 0 Å². The van der Waals surface area contributed by atoms with Crippen LogP contribution < -0.4 is 11.2 Å². The number of hydrogen-bond donors (Lipinski definition) is 2. The topological polar surface area (TPSA) is 128 Å². The zero-order valence-corrected chi connectivity index (χ0v) is 8.94. The van der Waals surface area contributed by atoms with Crippen LogP contribution in [0.4, 0.5) is 5.69 Å². The third kappa shape index (κ3) is 2.57. The second kappa shape index (κ2) is 4.89. The molecule has 0 amide bonds. The molecule has 1 unspecified atom stereocenters. The Balaban J connectivity index is 3.43. The first-order valence-electron chi connectivity index (χ1n) is 4.62. The average Bonchev–Trinajstić information content (AvgIpc) is 2.28. The van der Waals surface area contributed by atoms with Crippen LogP contribution in [0.3, 0.4) is 0 Å². The van der Waals surface area contributed by atoms with E-state index in [1.807, 2.05) is 0 Å². The van der Waals surface area contributed by atoms with Crippen molar-refractivity contribution in [2.24, 2.45) is 7.05 Å². The minimum absolute atomic E-state index is 0.496. The van der Waals surface area contributed by atoms with Gasteiger partial charge in [-0.3, -0.25) is 24.0 Å². The Morgan fingerprint density at radius 2 is 2.12 bits per heavy atom. The first-order chi connectivity index (χ1) is 7.88. The molecule has 1 aromatic heterocycles. The van der Waals surface area contributed by atoms with Gasteiger partial charge in [-0.1, -0.05) is 0 Å². The van der Waals surface area contributed by atoms with Gasteiger partial charge in [0, 0.05) is 7.05 Å². The molecule has 9 heteroatoms. The van der Waals surface area contributed by atoms with Crippen molar-refractivity contribution >= 4 is 5.69 Å². The standard InChI is InChI=1S/C8H11N3O6/c1-9-3-6(11(16)17)7(14)10(8(9)15)2-5(13)4-12/h3,5,12-13H,2,4H2,1H3. The molecule has 0 saturated heterocycles. The van der Waals surface area contributed by atoms with Gasteiger partial charge in [-0.05, 0) is 0 Å². The second-order valence-corrected chi connectivity index (χ2v) is 3.42. The van der Waals surface area contributed by atoms with E-state index in [1.54, 1.807) is 0 Å². The Morgan fingerprint density at radius 1 is 1.53 bits per heavy atom. The lowest BCUT2D eigenvalue weighted by Crippen LogP contribution is -2.42. The first-order valence-corrected chi connectivity index (χ1v) is 4.62. The van der Waals surface area contributed by atoms with E-state index in [9.17, 15) is 19.7 Å². The molecule has 0 fully saturated rings. The van der Waals surface area contributed by atoms with Gasteiger partial charge in [0.05, 0.1) is 30.4 Å². The van der Waals surface area contributed by atoms with Crippen molar-refractivity contribution in [3.63, 3.8) is 0 Å². The molecule has 0 aliphatic carbocycles. The van der Waals surface area contributed by atoms with Crippen LogP contribution in [0.15, 0.2) is 15.8 Å². The van der Waals surface area contributed by atoms with Gasteiger partial charge in [-0.15, -0.1) is 0 Å². The van der Waals surface area contributed by atoms with Crippen LogP contribution in [0.2, 0.25) is 0 Å². The molecule has 1 heterocycles. The Hall–Kier alpha value is -2.00. The zero-order chi connectivity index (χ0) is 13.2. The van der Waals surface area contributed by atoms with Crippen LogP contribution >= 0.6 is 0 Å². The summed E-state index contributed by atoms with van der Waals surface area (Å²) in [6.07, 6.45) is -0.519. The van der Waals surface area contributed by atoms with E-state index < -0.39 is 41.1 Å². The highest BCUT2D eigenvalue weighted by atomic mass is 16.6. The molecular weight excluding hydrogens is 234 g/mol. The molecule has 1 aromatic rings. The van der Waals surface area contributed by atoms with Gasteiger partial charge in [-0.25, -0.2) is 4.79 Å². The number of nitro groups is 1. The highest BCUT2D eigenvalue weighted by Crippen LogP contribution is 1.99. The van der Waals surface area contributed by atoms with E-state index in [1.165, 1.54) is 7.05 Å². The van der Waals surface area contributed by atoms with Crippen LogP contribution in [-0.2, 0) is 13.6 Å². The molecule has 0 bridgehead atoms. The molecule has 1 rings (SSSR count). The molecule has 1 atom stereocenters. The second-order valence-electron chi connectivity index (χ2n) is 3.42. The van der Waals surface area contributed by atoms with E-state index in [0.717, 1.165) is 10.8 Å². The maximum absolute atomic E-state index is 11.6. The largest absolute Gasteiger partial charge is 0.394 e. The third-order valence-electron chi connectivity index (χ3n) is 2.11. The summed E-state index contributed by atoms with van der Waals surface area (Å²) in [7, 11) is 1.25. The van der Waals surface area contributed by atoms with Crippen LogP contribution in [0, 0.1) is 10.1 Å². The Morgan fingerprint density at radius 3 is 2.59 bits per heavy atom. The van der Waals surface area contributed by atoms with E-state index in [4.69, 9.17) is 10.2 Å². The maximum Gasteiger partial charge on any atom is 0.350 e. The lowest BCUT2D eigenvalue weighted by atomic mass is 10.3. The van der Waals surface area contributed by atoms with Crippen molar-refractivity contribution in [1.82, 2.24) is 9.13 Å². The molecule has 0 aromatic carbocycles. The van der Waals surface area contributed by atoms with E-state index in [2.05, 4.69) is 0 Å². The van der Waals surface area contributed by atoms with Gasteiger partial charge >= 0.3 is 16.9 Å². The van der Waals surface area contributed by atoms with E-state index in [-0.39, 0.29) is 0 Å². The van der Waals surface area contributed by atoms with Crippen molar-refractivity contribution in [2.75, 3.05) is 6.61 Å². The minimum Gasteiger partial charge on any atom is -0.394 e. The number of hydrogen-bond acceptors (Lipinski definition) is 6. The fourth-order valence-corrected chi connectivity index (χ4v) is 1.26. The Labute approximate surface area is 94.3 Å². The first kappa shape index (κ1) is 13.1. The summed E-state index contributed by atoms with van der Waals surface area (Å²) in [5, 5.41) is 28.3. The van der Waals surface area contributed by atoms with Gasteiger partial charge in [0.2, 0.25) is 0 Å². The highest BCUT2D eigenvalue weighted by Gasteiger charge is 2.19. The molecule has 0 saturated carbocycles. The predicted octanol–water partition coefficient (Wildman–Crippen LogP) is -2.19. The summed E-state index contributed by atoms with van der Waals surface area (Å²) in [5.41, 5.74) is -2.67. The van der Waals surface area contributed by atoms with Gasteiger partial charge in [0.1, 0.15) is 0 Å². The summed E-state index contributed by atoms with van der Waals surface area (Å²) in [6.45, 7) is -1.15. The Bertz CT molecular complexity index is 545. The smallest absolute Gasteiger partial charge is 0.350 e. The average molecular weight is 245 g/mol. The molecule has 9 nitrogen and oxygen atoms in total. The number of rotatable bonds is 4.